The maximum Gasteiger partial charge on any atom is 0.421 e. The first kappa shape index (κ1) is 22.8. The Labute approximate surface area is 186 Å². The molecule has 4 nitrogen and oxygen atoms in total. The molecule has 0 bridgehead atoms. The van der Waals surface area contributed by atoms with Gasteiger partial charge in [0.15, 0.2) is 5.60 Å². The second kappa shape index (κ2) is 8.87. The number of halogens is 3. The van der Waals surface area contributed by atoms with Crippen molar-refractivity contribution in [3.8, 4) is 0 Å². The minimum Gasteiger partial charge on any atom is -0.376 e. The van der Waals surface area contributed by atoms with E-state index in [0.717, 1.165) is 52.2 Å². The Kier molecular flexibility index (Phi) is 6.32. The van der Waals surface area contributed by atoms with Crippen LogP contribution < -0.4 is 0 Å². The van der Waals surface area contributed by atoms with Crippen LogP contribution in [0, 0.1) is 0 Å². The summed E-state index contributed by atoms with van der Waals surface area (Å²) in [4.78, 5) is 17.6. The third-order valence-electron chi connectivity index (χ3n) is 6.62. The van der Waals surface area contributed by atoms with Gasteiger partial charge in [-0.05, 0) is 55.9 Å². The highest BCUT2D eigenvalue weighted by molar-refractivity contribution is 5.95. The summed E-state index contributed by atoms with van der Waals surface area (Å²) in [5.41, 5.74) is -1.58. The van der Waals surface area contributed by atoms with Crippen molar-refractivity contribution in [2.24, 2.45) is 0 Å². The van der Waals surface area contributed by atoms with Crippen LogP contribution in [0.3, 0.4) is 0 Å². The van der Waals surface area contributed by atoms with Crippen molar-refractivity contribution in [3.63, 3.8) is 0 Å². The number of hydrogen-bond acceptors (Lipinski definition) is 3. The van der Waals surface area contributed by atoms with Gasteiger partial charge in [0.05, 0.1) is 0 Å². The van der Waals surface area contributed by atoms with E-state index >= 15 is 0 Å². The Bertz CT molecular complexity index is 916. The summed E-state index contributed by atoms with van der Waals surface area (Å²) < 4.78 is 39.3. The zero-order chi connectivity index (χ0) is 22.9. The zero-order valence-corrected chi connectivity index (χ0v) is 18.2. The van der Waals surface area contributed by atoms with Gasteiger partial charge in [0, 0.05) is 37.3 Å². The molecule has 2 aromatic carbocycles. The number of rotatable bonds is 6. The lowest BCUT2D eigenvalue weighted by Gasteiger charge is -2.39. The number of alkyl halides is 3. The predicted molar refractivity (Wildman–Crippen MR) is 116 cm³/mol. The van der Waals surface area contributed by atoms with Crippen molar-refractivity contribution in [3.05, 3.63) is 71.3 Å². The highest BCUT2D eigenvalue weighted by Crippen LogP contribution is 2.39. The molecule has 32 heavy (non-hydrogen) atoms. The molecule has 2 aliphatic rings. The lowest BCUT2D eigenvalue weighted by molar-refractivity contribution is -0.258. The van der Waals surface area contributed by atoms with Crippen molar-refractivity contribution in [1.82, 2.24) is 9.80 Å². The van der Waals surface area contributed by atoms with Crippen LogP contribution in [0.1, 0.15) is 54.1 Å². The number of hydrogen-bond donors (Lipinski definition) is 1. The van der Waals surface area contributed by atoms with Crippen LogP contribution >= 0.6 is 0 Å². The minimum atomic E-state index is -4.79. The van der Waals surface area contributed by atoms with Crippen molar-refractivity contribution in [2.45, 2.75) is 63.0 Å². The lowest BCUT2D eigenvalue weighted by Crippen LogP contribution is -2.48. The quantitative estimate of drug-likeness (QED) is 0.698. The number of aliphatic hydroxyl groups is 1. The molecule has 1 saturated carbocycles. The molecule has 7 heteroatoms. The Hall–Kier alpha value is -2.38. The fourth-order valence-corrected chi connectivity index (χ4v) is 4.43. The number of carbonyl (C=O) groups is 1. The average molecular weight is 447 g/mol. The van der Waals surface area contributed by atoms with Gasteiger partial charge in [-0.3, -0.25) is 9.69 Å². The van der Waals surface area contributed by atoms with Crippen LogP contribution in [0.25, 0.3) is 0 Å². The van der Waals surface area contributed by atoms with Crippen LogP contribution in [0.4, 0.5) is 13.2 Å². The fourth-order valence-electron chi connectivity index (χ4n) is 4.43. The third-order valence-corrected chi connectivity index (χ3v) is 6.62. The summed E-state index contributed by atoms with van der Waals surface area (Å²) >= 11 is 0. The summed E-state index contributed by atoms with van der Waals surface area (Å²) in [6, 6.07) is 15.9. The van der Waals surface area contributed by atoms with E-state index in [2.05, 4.69) is 17.0 Å². The molecule has 0 aromatic heterocycles. The maximum atomic E-state index is 13.3. The molecule has 0 radical (unpaired) electrons. The van der Waals surface area contributed by atoms with Gasteiger partial charge in [0.1, 0.15) is 0 Å². The highest BCUT2D eigenvalue weighted by Gasteiger charge is 2.51. The van der Waals surface area contributed by atoms with Gasteiger partial charge in [0.25, 0.3) is 5.91 Å². The zero-order valence-electron chi connectivity index (χ0n) is 18.2. The molecule has 1 unspecified atom stereocenters. The molecular weight excluding hydrogens is 417 g/mol. The first-order valence-electron chi connectivity index (χ1n) is 11.2. The number of amides is 1. The Morgan fingerprint density at radius 3 is 2.06 bits per heavy atom. The van der Waals surface area contributed by atoms with Gasteiger partial charge in [-0.2, -0.15) is 13.2 Å². The summed E-state index contributed by atoms with van der Waals surface area (Å²) in [6.07, 6.45) is -1.08. The molecule has 0 spiro atoms. The number of nitrogens with zero attached hydrogens (tertiary/aromatic N) is 2. The normalized spacial score (nSPS) is 20.0. The molecule has 1 heterocycles. The van der Waals surface area contributed by atoms with Crippen molar-refractivity contribution in [1.29, 1.82) is 0 Å². The SMILES string of the molecule is CC(O)(c1ccc(C(=O)N(C2CC2)C2CCN(Cc3ccccc3)CC2)cc1)C(F)(F)F. The average Bonchev–Trinajstić information content (AvgIpc) is 3.60. The van der Waals surface area contributed by atoms with E-state index in [1.54, 1.807) is 0 Å². The number of carbonyl (C=O) groups excluding carboxylic acids is 1. The third kappa shape index (κ3) is 4.84. The molecule has 2 fully saturated rings. The molecule has 1 amide bonds. The van der Waals surface area contributed by atoms with Gasteiger partial charge in [-0.15, -0.1) is 0 Å². The second-order valence-corrected chi connectivity index (χ2v) is 9.08. The second-order valence-electron chi connectivity index (χ2n) is 9.08. The molecular formula is C25H29F3N2O2. The minimum absolute atomic E-state index is 0.132. The largest absolute Gasteiger partial charge is 0.421 e. The monoisotopic (exact) mass is 446 g/mol. The van der Waals surface area contributed by atoms with Gasteiger partial charge < -0.3 is 10.0 Å². The van der Waals surface area contributed by atoms with Crippen LogP contribution in [0.2, 0.25) is 0 Å². The standard InChI is InChI=1S/C25H29F3N2O2/c1-24(32,25(26,27)28)20-9-7-19(8-10-20)23(31)30(21-11-12-21)22-13-15-29(16-14-22)17-18-5-3-2-4-6-18/h2-10,21-22,32H,11-17H2,1H3. The lowest BCUT2D eigenvalue weighted by atomic mass is 9.94. The summed E-state index contributed by atoms with van der Waals surface area (Å²) in [5.74, 6) is -0.132. The van der Waals surface area contributed by atoms with Crippen molar-refractivity contribution in [2.75, 3.05) is 13.1 Å². The summed E-state index contributed by atoms with van der Waals surface area (Å²) in [7, 11) is 0. The molecule has 4 rings (SSSR count). The van der Waals surface area contributed by atoms with Gasteiger partial charge >= 0.3 is 6.18 Å². The molecule has 1 saturated heterocycles. The first-order valence-corrected chi connectivity index (χ1v) is 11.2. The Morgan fingerprint density at radius 1 is 0.969 bits per heavy atom. The number of likely N-dealkylation sites (tertiary alicyclic amines) is 1. The molecule has 1 N–H and O–H groups in total. The van der Waals surface area contributed by atoms with Crippen molar-refractivity contribution < 1.29 is 23.1 Å². The highest BCUT2D eigenvalue weighted by atomic mass is 19.4. The van der Waals surface area contributed by atoms with E-state index in [4.69, 9.17) is 0 Å². The van der Waals surface area contributed by atoms with Crippen LogP contribution in [0.15, 0.2) is 54.6 Å². The van der Waals surface area contributed by atoms with E-state index in [1.807, 2.05) is 23.1 Å². The van der Waals surface area contributed by atoms with E-state index < -0.39 is 11.8 Å². The first-order chi connectivity index (χ1) is 15.2. The molecule has 2 aromatic rings. The molecule has 1 atom stereocenters. The van der Waals surface area contributed by atoms with E-state index in [9.17, 15) is 23.1 Å². The van der Waals surface area contributed by atoms with Gasteiger partial charge in [0.2, 0.25) is 0 Å². The Balaban J connectivity index is 1.42. The van der Waals surface area contributed by atoms with Crippen LogP contribution in [0.5, 0.6) is 0 Å². The number of piperidine rings is 1. The Morgan fingerprint density at radius 2 is 1.53 bits per heavy atom. The van der Waals surface area contributed by atoms with E-state index in [0.29, 0.717) is 5.56 Å². The smallest absolute Gasteiger partial charge is 0.376 e. The van der Waals surface area contributed by atoms with Crippen LogP contribution in [-0.4, -0.2) is 52.2 Å². The van der Waals surface area contributed by atoms with E-state index in [-0.39, 0.29) is 23.6 Å². The molecule has 1 aliphatic carbocycles. The van der Waals surface area contributed by atoms with Crippen LogP contribution in [-0.2, 0) is 12.1 Å². The number of benzene rings is 2. The van der Waals surface area contributed by atoms with Gasteiger partial charge in [-0.25, -0.2) is 0 Å². The maximum absolute atomic E-state index is 13.3. The fraction of sp³-hybridized carbons (Fsp3) is 0.480. The van der Waals surface area contributed by atoms with E-state index in [1.165, 1.54) is 29.8 Å². The molecule has 172 valence electrons. The topological polar surface area (TPSA) is 43.8 Å². The molecule has 1 aliphatic heterocycles. The predicted octanol–water partition coefficient (Wildman–Crippen LogP) is 4.73. The van der Waals surface area contributed by atoms with Gasteiger partial charge in [-0.1, -0.05) is 42.5 Å². The summed E-state index contributed by atoms with van der Waals surface area (Å²) in [5, 5.41) is 9.87. The summed E-state index contributed by atoms with van der Waals surface area (Å²) in [6.45, 7) is 3.43. The van der Waals surface area contributed by atoms with Crippen molar-refractivity contribution >= 4 is 5.91 Å².